The van der Waals surface area contributed by atoms with Crippen LogP contribution in [0.5, 0.6) is 0 Å². The molecule has 0 aliphatic heterocycles. The van der Waals surface area contributed by atoms with Gasteiger partial charge in [-0.1, -0.05) is 200 Å². The molecule has 0 aliphatic rings. The summed E-state index contributed by atoms with van der Waals surface area (Å²) in [5.41, 5.74) is 0. The van der Waals surface area contributed by atoms with Crippen molar-refractivity contribution in [3.8, 4) is 0 Å². The van der Waals surface area contributed by atoms with Gasteiger partial charge in [-0.05, 0) is 12.8 Å². The zero-order valence-electron chi connectivity index (χ0n) is 28.8. The third kappa shape index (κ3) is 30.8. The van der Waals surface area contributed by atoms with Gasteiger partial charge in [0, 0.05) is 6.42 Å². The average molecular weight is 596 g/mol. The standard InChI is InChI=1S/C38H77NO3/c1-3-5-7-9-11-13-15-17-18-19-20-22-24-26-28-30-32-34-38(42)39-36(35-40)37(41)33-31-29-27-25-23-21-16-14-12-10-8-6-4-2/h36-37,40-41H,3-35H2,1-2H3,(H,39,42)/t36-,37+/m1/s1. The maximum atomic E-state index is 12.3. The summed E-state index contributed by atoms with van der Waals surface area (Å²) in [6.07, 6.45) is 40.1. The molecule has 42 heavy (non-hydrogen) atoms. The Morgan fingerprint density at radius 2 is 0.762 bits per heavy atom. The summed E-state index contributed by atoms with van der Waals surface area (Å²) >= 11 is 0. The van der Waals surface area contributed by atoms with Crippen LogP contribution < -0.4 is 5.32 Å². The van der Waals surface area contributed by atoms with Crippen LogP contribution in [0.15, 0.2) is 0 Å². The number of hydrogen-bond acceptors (Lipinski definition) is 3. The number of aliphatic hydroxyl groups is 2. The molecule has 0 rings (SSSR count). The van der Waals surface area contributed by atoms with Gasteiger partial charge in [-0.25, -0.2) is 0 Å². The minimum Gasteiger partial charge on any atom is -0.394 e. The molecule has 0 spiro atoms. The number of nitrogens with one attached hydrogen (secondary N) is 1. The summed E-state index contributed by atoms with van der Waals surface area (Å²) in [5, 5.41) is 23.1. The van der Waals surface area contributed by atoms with E-state index < -0.39 is 12.1 Å². The van der Waals surface area contributed by atoms with Gasteiger partial charge in [0.2, 0.25) is 5.91 Å². The fourth-order valence-electron chi connectivity index (χ4n) is 6.13. The minimum absolute atomic E-state index is 0.0283. The van der Waals surface area contributed by atoms with Gasteiger partial charge in [0.05, 0.1) is 18.8 Å². The Morgan fingerprint density at radius 1 is 0.476 bits per heavy atom. The fraction of sp³-hybridized carbons (Fsp3) is 0.974. The predicted molar refractivity (Wildman–Crippen MR) is 184 cm³/mol. The van der Waals surface area contributed by atoms with E-state index in [1.165, 1.54) is 167 Å². The number of amides is 1. The number of rotatable bonds is 35. The van der Waals surface area contributed by atoms with E-state index in [9.17, 15) is 15.0 Å². The van der Waals surface area contributed by atoms with Gasteiger partial charge < -0.3 is 15.5 Å². The molecule has 3 N–H and O–H groups in total. The first-order chi connectivity index (χ1) is 20.7. The lowest BCUT2D eigenvalue weighted by Gasteiger charge is -2.22. The number of carbonyl (C=O) groups excluding carboxylic acids is 1. The van der Waals surface area contributed by atoms with E-state index in [0.29, 0.717) is 12.8 Å². The zero-order chi connectivity index (χ0) is 30.8. The van der Waals surface area contributed by atoms with Crippen molar-refractivity contribution < 1.29 is 15.0 Å². The topological polar surface area (TPSA) is 69.6 Å². The molecule has 0 saturated carbocycles. The van der Waals surface area contributed by atoms with Gasteiger partial charge in [0.15, 0.2) is 0 Å². The normalized spacial score (nSPS) is 13.0. The molecular formula is C38H77NO3. The smallest absolute Gasteiger partial charge is 0.220 e. The van der Waals surface area contributed by atoms with Gasteiger partial charge >= 0.3 is 0 Å². The Morgan fingerprint density at radius 3 is 1.07 bits per heavy atom. The Kier molecular flexibility index (Phi) is 34.4. The van der Waals surface area contributed by atoms with E-state index in [4.69, 9.17) is 0 Å². The second-order valence-corrected chi connectivity index (χ2v) is 13.4. The third-order valence-electron chi connectivity index (χ3n) is 9.12. The molecule has 0 aromatic rings. The molecule has 4 nitrogen and oxygen atoms in total. The van der Waals surface area contributed by atoms with E-state index in [0.717, 1.165) is 25.7 Å². The van der Waals surface area contributed by atoms with E-state index in [2.05, 4.69) is 19.2 Å². The first-order valence-electron chi connectivity index (χ1n) is 19.2. The summed E-state index contributed by atoms with van der Waals surface area (Å²) in [5.74, 6) is -0.0283. The molecule has 0 bridgehead atoms. The van der Waals surface area contributed by atoms with Crippen LogP contribution in [-0.2, 0) is 4.79 Å². The van der Waals surface area contributed by atoms with Crippen molar-refractivity contribution in [3.63, 3.8) is 0 Å². The number of hydrogen-bond donors (Lipinski definition) is 3. The summed E-state index contributed by atoms with van der Waals surface area (Å²) in [6.45, 7) is 4.36. The van der Waals surface area contributed by atoms with E-state index >= 15 is 0 Å². The second kappa shape index (κ2) is 34.9. The molecule has 0 aromatic carbocycles. The summed E-state index contributed by atoms with van der Waals surface area (Å²) in [6, 6.07) is -0.527. The molecule has 252 valence electrons. The van der Waals surface area contributed by atoms with Crippen molar-refractivity contribution in [1.29, 1.82) is 0 Å². The van der Waals surface area contributed by atoms with Crippen LogP contribution in [0.3, 0.4) is 0 Å². The molecule has 2 atom stereocenters. The Labute approximate surface area is 264 Å². The lowest BCUT2D eigenvalue weighted by molar-refractivity contribution is -0.123. The largest absolute Gasteiger partial charge is 0.394 e. The van der Waals surface area contributed by atoms with Crippen LogP contribution >= 0.6 is 0 Å². The maximum Gasteiger partial charge on any atom is 0.220 e. The molecule has 0 heterocycles. The molecular weight excluding hydrogens is 518 g/mol. The van der Waals surface area contributed by atoms with Gasteiger partial charge in [0.25, 0.3) is 0 Å². The van der Waals surface area contributed by atoms with Gasteiger partial charge in [0.1, 0.15) is 0 Å². The average Bonchev–Trinajstić information content (AvgIpc) is 2.99. The van der Waals surface area contributed by atoms with Crippen molar-refractivity contribution in [2.75, 3.05) is 6.61 Å². The van der Waals surface area contributed by atoms with Crippen LogP contribution in [0.4, 0.5) is 0 Å². The minimum atomic E-state index is -0.651. The molecule has 4 heteroatoms. The Bertz CT molecular complexity index is 526. The highest BCUT2D eigenvalue weighted by molar-refractivity contribution is 5.76. The Hall–Kier alpha value is -0.610. The first-order valence-corrected chi connectivity index (χ1v) is 19.2. The second-order valence-electron chi connectivity index (χ2n) is 13.4. The van der Waals surface area contributed by atoms with Crippen LogP contribution in [-0.4, -0.2) is 34.9 Å². The molecule has 0 unspecified atom stereocenters. The highest BCUT2D eigenvalue weighted by Gasteiger charge is 2.19. The van der Waals surface area contributed by atoms with Crippen LogP contribution in [0.25, 0.3) is 0 Å². The van der Waals surface area contributed by atoms with Gasteiger partial charge in [-0.15, -0.1) is 0 Å². The van der Waals surface area contributed by atoms with Crippen molar-refractivity contribution in [3.05, 3.63) is 0 Å². The predicted octanol–water partition coefficient (Wildman–Crippen LogP) is 11.3. The van der Waals surface area contributed by atoms with E-state index in [1.54, 1.807) is 0 Å². The summed E-state index contributed by atoms with van der Waals surface area (Å²) in [7, 11) is 0. The fourth-order valence-corrected chi connectivity index (χ4v) is 6.13. The number of unbranched alkanes of at least 4 members (excludes halogenated alkanes) is 28. The highest BCUT2D eigenvalue weighted by Crippen LogP contribution is 2.16. The van der Waals surface area contributed by atoms with E-state index in [1.807, 2.05) is 0 Å². The van der Waals surface area contributed by atoms with Crippen molar-refractivity contribution in [1.82, 2.24) is 5.32 Å². The van der Waals surface area contributed by atoms with Gasteiger partial charge in [-0.2, -0.15) is 0 Å². The van der Waals surface area contributed by atoms with Crippen LogP contribution in [0.1, 0.15) is 219 Å². The monoisotopic (exact) mass is 596 g/mol. The van der Waals surface area contributed by atoms with Crippen molar-refractivity contribution in [2.24, 2.45) is 0 Å². The summed E-state index contributed by atoms with van der Waals surface area (Å²) in [4.78, 5) is 12.3. The van der Waals surface area contributed by atoms with Crippen molar-refractivity contribution in [2.45, 2.75) is 231 Å². The van der Waals surface area contributed by atoms with Crippen LogP contribution in [0.2, 0.25) is 0 Å². The highest BCUT2D eigenvalue weighted by atomic mass is 16.3. The molecule has 0 saturated heterocycles. The number of aliphatic hydroxyl groups excluding tert-OH is 2. The molecule has 0 fully saturated rings. The third-order valence-corrected chi connectivity index (χ3v) is 9.12. The zero-order valence-corrected chi connectivity index (χ0v) is 28.8. The molecule has 0 radical (unpaired) electrons. The molecule has 0 aliphatic carbocycles. The maximum absolute atomic E-state index is 12.3. The Balaban J connectivity index is 3.50. The number of carbonyl (C=O) groups is 1. The quantitative estimate of drug-likeness (QED) is 0.0638. The van der Waals surface area contributed by atoms with E-state index in [-0.39, 0.29) is 12.5 Å². The SMILES string of the molecule is CCCCCCCCCCCCCCCCCCCC(=O)N[C@H](CO)[C@@H](O)CCCCCCCCCCCCCCC. The van der Waals surface area contributed by atoms with Gasteiger partial charge in [-0.3, -0.25) is 4.79 Å². The first kappa shape index (κ1) is 41.4. The van der Waals surface area contributed by atoms with Crippen molar-refractivity contribution >= 4 is 5.91 Å². The lowest BCUT2D eigenvalue weighted by atomic mass is 10.0. The lowest BCUT2D eigenvalue weighted by Crippen LogP contribution is -2.45. The molecule has 0 aromatic heterocycles. The van der Waals surface area contributed by atoms with Crippen LogP contribution in [0, 0.1) is 0 Å². The molecule has 1 amide bonds. The summed E-state index contributed by atoms with van der Waals surface area (Å²) < 4.78 is 0.